The Balaban J connectivity index is 2.44. The number of carboxylic acid groups (broad SMARTS) is 1. The molecule has 0 saturated heterocycles. The summed E-state index contributed by atoms with van der Waals surface area (Å²) in [6.45, 7) is -0.178. The fraction of sp³-hybridized carbons (Fsp3) is 0.188. The van der Waals surface area contributed by atoms with Crippen molar-refractivity contribution in [2.45, 2.75) is 17.7 Å². The van der Waals surface area contributed by atoms with Crippen molar-refractivity contribution in [2.75, 3.05) is 10.8 Å². The van der Waals surface area contributed by atoms with Gasteiger partial charge in [0, 0.05) is 25.1 Å². The van der Waals surface area contributed by atoms with Crippen molar-refractivity contribution in [3.05, 3.63) is 64.5 Å². The molecule has 10 heteroatoms. The van der Waals surface area contributed by atoms with Gasteiger partial charge in [-0.05, 0) is 36.8 Å². The molecule has 0 amide bonds. The van der Waals surface area contributed by atoms with Crippen molar-refractivity contribution in [1.29, 1.82) is 0 Å². The largest absolute Gasteiger partial charge is 0.481 e. The van der Waals surface area contributed by atoms with Gasteiger partial charge in [0.25, 0.3) is 15.7 Å². The van der Waals surface area contributed by atoms with Crippen LogP contribution in [-0.2, 0) is 14.8 Å². The number of nitrogens with zero attached hydrogens (tertiary/aromatic N) is 2. The molecule has 0 saturated carbocycles. The van der Waals surface area contributed by atoms with Gasteiger partial charge >= 0.3 is 5.97 Å². The summed E-state index contributed by atoms with van der Waals surface area (Å²) in [5.41, 5.74) is -0.265. The van der Waals surface area contributed by atoms with Gasteiger partial charge in [0.05, 0.1) is 15.5 Å². The molecule has 26 heavy (non-hydrogen) atoms. The zero-order valence-corrected chi connectivity index (χ0v) is 14.2. The summed E-state index contributed by atoms with van der Waals surface area (Å²) in [6, 6.07) is 9.15. The lowest BCUT2D eigenvalue weighted by Gasteiger charge is -2.24. The van der Waals surface area contributed by atoms with Crippen LogP contribution in [0.5, 0.6) is 0 Å². The molecule has 0 radical (unpaired) electrons. The fourth-order valence-electron chi connectivity index (χ4n) is 2.25. The van der Waals surface area contributed by atoms with Gasteiger partial charge < -0.3 is 5.11 Å². The van der Waals surface area contributed by atoms with Gasteiger partial charge in [0.15, 0.2) is 0 Å². The zero-order valence-electron chi connectivity index (χ0n) is 13.4. The highest BCUT2D eigenvalue weighted by molar-refractivity contribution is 7.92. The predicted molar refractivity (Wildman–Crippen MR) is 90.9 cm³/mol. The molecule has 0 spiro atoms. The summed E-state index contributed by atoms with van der Waals surface area (Å²) in [7, 11) is -4.21. The number of carboxylic acids is 1. The third kappa shape index (κ3) is 4.54. The number of halogens is 1. The lowest BCUT2D eigenvalue weighted by atomic mass is 10.3. The first kappa shape index (κ1) is 19.3. The maximum absolute atomic E-state index is 13.1. The highest BCUT2D eigenvalue weighted by atomic mass is 32.2. The van der Waals surface area contributed by atoms with Crippen LogP contribution in [0, 0.1) is 15.9 Å². The Hall–Kier alpha value is -3.01. The number of aliphatic carboxylic acids is 1. The summed E-state index contributed by atoms with van der Waals surface area (Å²) < 4.78 is 39.9. The van der Waals surface area contributed by atoms with Crippen LogP contribution < -0.4 is 4.31 Å². The van der Waals surface area contributed by atoms with Crippen molar-refractivity contribution in [3.8, 4) is 0 Å². The Morgan fingerprint density at radius 3 is 2.42 bits per heavy atom. The first-order chi connectivity index (χ1) is 12.2. The molecule has 2 aromatic rings. The summed E-state index contributed by atoms with van der Waals surface area (Å²) in [5.74, 6) is -1.65. The molecule has 2 aromatic carbocycles. The Bertz CT molecular complexity index is 915. The van der Waals surface area contributed by atoms with E-state index in [1.807, 2.05) is 0 Å². The number of nitro benzene ring substituents is 1. The van der Waals surface area contributed by atoms with E-state index in [2.05, 4.69) is 0 Å². The molecule has 0 aliphatic rings. The van der Waals surface area contributed by atoms with Crippen LogP contribution in [0.3, 0.4) is 0 Å². The van der Waals surface area contributed by atoms with Gasteiger partial charge in [-0.1, -0.05) is 6.07 Å². The van der Waals surface area contributed by atoms with Crippen LogP contribution in [0.4, 0.5) is 15.8 Å². The molecule has 0 bridgehead atoms. The van der Waals surface area contributed by atoms with E-state index in [1.54, 1.807) is 0 Å². The molecule has 0 aliphatic heterocycles. The van der Waals surface area contributed by atoms with Crippen molar-refractivity contribution in [1.82, 2.24) is 0 Å². The molecule has 0 fully saturated rings. The molecular weight excluding hydrogens is 367 g/mol. The third-order valence-electron chi connectivity index (χ3n) is 3.48. The van der Waals surface area contributed by atoms with Crippen molar-refractivity contribution < 1.29 is 27.6 Å². The standard InChI is InChI=1S/C16H15FN2O6S/c17-12-6-8-13(9-7-12)18(10-2-5-16(20)21)26(24,25)15-4-1-3-14(11-15)19(22)23/h1,3-4,6-9,11H,2,5,10H2,(H,20,21). The van der Waals surface area contributed by atoms with Crippen molar-refractivity contribution in [3.63, 3.8) is 0 Å². The van der Waals surface area contributed by atoms with Gasteiger partial charge in [0.2, 0.25) is 0 Å². The van der Waals surface area contributed by atoms with E-state index in [9.17, 15) is 27.7 Å². The van der Waals surface area contributed by atoms with E-state index in [0.29, 0.717) is 0 Å². The van der Waals surface area contributed by atoms with Crippen LogP contribution in [0.2, 0.25) is 0 Å². The van der Waals surface area contributed by atoms with Crippen molar-refractivity contribution >= 4 is 27.4 Å². The van der Waals surface area contributed by atoms with Crippen LogP contribution in [0.25, 0.3) is 0 Å². The van der Waals surface area contributed by atoms with Crippen LogP contribution in [0.15, 0.2) is 53.4 Å². The van der Waals surface area contributed by atoms with E-state index < -0.39 is 32.4 Å². The molecule has 0 atom stereocenters. The minimum absolute atomic E-state index is 0.0147. The Labute approximate surface area is 148 Å². The monoisotopic (exact) mass is 382 g/mol. The molecule has 0 heterocycles. The normalized spacial score (nSPS) is 11.1. The minimum Gasteiger partial charge on any atom is -0.481 e. The highest BCUT2D eigenvalue weighted by Gasteiger charge is 2.26. The number of carbonyl (C=O) groups is 1. The number of sulfonamides is 1. The average Bonchev–Trinajstić information content (AvgIpc) is 2.59. The summed E-state index contributed by atoms with van der Waals surface area (Å²) in [4.78, 5) is 20.6. The molecule has 0 aromatic heterocycles. The third-order valence-corrected chi connectivity index (χ3v) is 5.31. The first-order valence-electron chi connectivity index (χ1n) is 7.46. The average molecular weight is 382 g/mol. The Morgan fingerprint density at radius 2 is 1.85 bits per heavy atom. The van der Waals surface area contributed by atoms with Gasteiger partial charge in [0.1, 0.15) is 5.82 Å². The van der Waals surface area contributed by atoms with Gasteiger partial charge in [-0.3, -0.25) is 19.2 Å². The lowest BCUT2D eigenvalue weighted by molar-refractivity contribution is -0.385. The number of non-ortho nitro benzene ring substituents is 1. The Kier molecular flexibility index (Phi) is 5.88. The fourth-order valence-corrected chi connectivity index (χ4v) is 3.80. The van der Waals surface area contributed by atoms with E-state index in [1.165, 1.54) is 24.3 Å². The van der Waals surface area contributed by atoms with Crippen molar-refractivity contribution in [2.24, 2.45) is 0 Å². The number of anilines is 1. The molecule has 0 unspecified atom stereocenters. The van der Waals surface area contributed by atoms with E-state index in [-0.39, 0.29) is 30.0 Å². The number of hydrogen-bond donors (Lipinski definition) is 1. The van der Waals surface area contributed by atoms with E-state index >= 15 is 0 Å². The van der Waals surface area contributed by atoms with Gasteiger partial charge in [-0.25, -0.2) is 12.8 Å². The van der Waals surface area contributed by atoms with E-state index in [0.717, 1.165) is 28.6 Å². The van der Waals surface area contributed by atoms with Gasteiger partial charge in [-0.15, -0.1) is 0 Å². The minimum atomic E-state index is -4.21. The smallest absolute Gasteiger partial charge is 0.303 e. The number of rotatable bonds is 8. The van der Waals surface area contributed by atoms with E-state index in [4.69, 9.17) is 5.11 Å². The summed E-state index contributed by atoms with van der Waals surface area (Å²) in [5, 5.41) is 19.7. The second-order valence-electron chi connectivity index (χ2n) is 5.31. The first-order valence-corrected chi connectivity index (χ1v) is 8.90. The molecule has 138 valence electrons. The zero-order chi connectivity index (χ0) is 19.3. The second-order valence-corrected chi connectivity index (χ2v) is 7.17. The molecule has 8 nitrogen and oxygen atoms in total. The topological polar surface area (TPSA) is 118 Å². The second kappa shape index (κ2) is 7.91. The van der Waals surface area contributed by atoms with Gasteiger partial charge in [-0.2, -0.15) is 0 Å². The van der Waals surface area contributed by atoms with Crippen LogP contribution >= 0.6 is 0 Å². The quantitative estimate of drug-likeness (QED) is 0.554. The highest BCUT2D eigenvalue weighted by Crippen LogP contribution is 2.26. The lowest BCUT2D eigenvalue weighted by Crippen LogP contribution is -2.32. The molecule has 2 rings (SSSR count). The Morgan fingerprint density at radius 1 is 1.19 bits per heavy atom. The number of nitro groups is 1. The molecule has 0 aliphatic carbocycles. The summed E-state index contributed by atoms with van der Waals surface area (Å²) >= 11 is 0. The van der Waals surface area contributed by atoms with Crippen LogP contribution in [-0.4, -0.2) is 31.0 Å². The molecular formula is C16H15FN2O6S. The SMILES string of the molecule is O=C(O)CCCN(c1ccc(F)cc1)S(=O)(=O)c1cccc([N+](=O)[O-])c1. The maximum atomic E-state index is 13.1. The molecule has 1 N–H and O–H groups in total. The van der Waals surface area contributed by atoms with Crippen LogP contribution in [0.1, 0.15) is 12.8 Å². The number of hydrogen-bond acceptors (Lipinski definition) is 5. The predicted octanol–water partition coefficient (Wildman–Crippen LogP) is 2.79. The number of benzene rings is 2. The summed E-state index contributed by atoms with van der Waals surface area (Å²) in [6.07, 6.45) is -0.247. The maximum Gasteiger partial charge on any atom is 0.303 e.